The zero-order chi connectivity index (χ0) is 14.0. The third kappa shape index (κ3) is 6.09. The lowest BCUT2D eigenvalue weighted by Crippen LogP contribution is -2.48. The van der Waals surface area contributed by atoms with Gasteiger partial charge in [-0.05, 0) is 19.3 Å². The quantitative estimate of drug-likeness (QED) is 0.672. The summed E-state index contributed by atoms with van der Waals surface area (Å²) in [6.45, 7) is 2.21. The van der Waals surface area contributed by atoms with Gasteiger partial charge in [0.05, 0.1) is 6.07 Å². The molecule has 0 aromatic rings. The number of carbonyl (C=O) groups is 1. The van der Waals surface area contributed by atoms with Crippen LogP contribution in [0.5, 0.6) is 0 Å². The van der Waals surface area contributed by atoms with Crippen LogP contribution in [0.4, 0.5) is 0 Å². The maximum atomic E-state index is 11.9. The molecule has 0 spiro atoms. The Bertz CT molecular complexity index is 300. The van der Waals surface area contributed by atoms with Crippen molar-refractivity contribution >= 4 is 5.91 Å². The molecule has 0 unspecified atom stereocenters. The van der Waals surface area contributed by atoms with E-state index < -0.39 is 5.54 Å². The summed E-state index contributed by atoms with van der Waals surface area (Å²) >= 11 is 0. The molecule has 0 bridgehead atoms. The molecule has 0 heterocycles. The van der Waals surface area contributed by atoms with Crippen LogP contribution < -0.4 is 5.32 Å². The van der Waals surface area contributed by atoms with Gasteiger partial charge in [-0.25, -0.2) is 0 Å². The molecular formula is C16H28N2O. The van der Waals surface area contributed by atoms with Crippen molar-refractivity contribution in [2.45, 2.75) is 89.5 Å². The Morgan fingerprint density at radius 1 is 1.11 bits per heavy atom. The van der Waals surface area contributed by atoms with Gasteiger partial charge >= 0.3 is 0 Å². The number of nitrogens with zero attached hydrogens (tertiary/aromatic N) is 1. The number of nitriles is 1. The standard InChI is InChI=1S/C16H28N2O/c1-2-3-4-5-6-8-11-15(19)18-16(14-17)12-9-7-10-13-16/h2-13H2,1H3,(H,18,19). The Kier molecular flexibility index (Phi) is 7.55. The molecule has 1 aliphatic rings. The molecule has 0 aliphatic heterocycles. The lowest BCUT2D eigenvalue weighted by atomic mass is 9.83. The monoisotopic (exact) mass is 264 g/mol. The van der Waals surface area contributed by atoms with E-state index in [-0.39, 0.29) is 5.91 Å². The SMILES string of the molecule is CCCCCCCCC(=O)NC1(C#N)CCCCC1. The third-order valence-electron chi connectivity index (χ3n) is 4.06. The van der Waals surface area contributed by atoms with E-state index in [9.17, 15) is 10.1 Å². The fraction of sp³-hybridized carbons (Fsp3) is 0.875. The number of rotatable bonds is 8. The molecule has 0 saturated heterocycles. The molecule has 1 rings (SSSR count). The number of nitrogens with one attached hydrogen (secondary N) is 1. The van der Waals surface area contributed by atoms with Crippen LogP contribution in [0.15, 0.2) is 0 Å². The molecule has 19 heavy (non-hydrogen) atoms. The second kappa shape index (κ2) is 8.96. The molecule has 0 radical (unpaired) electrons. The zero-order valence-corrected chi connectivity index (χ0v) is 12.3. The zero-order valence-electron chi connectivity index (χ0n) is 12.3. The van der Waals surface area contributed by atoms with E-state index in [0.29, 0.717) is 6.42 Å². The lowest BCUT2D eigenvalue weighted by molar-refractivity contribution is -0.122. The van der Waals surface area contributed by atoms with Crippen molar-refractivity contribution in [1.29, 1.82) is 5.26 Å². The summed E-state index contributed by atoms with van der Waals surface area (Å²) in [5.74, 6) is 0.0685. The Morgan fingerprint density at radius 2 is 1.74 bits per heavy atom. The summed E-state index contributed by atoms with van der Waals surface area (Å²) in [4.78, 5) is 11.9. The number of carbonyl (C=O) groups excluding carboxylic acids is 1. The van der Waals surface area contributed by atoms with Crippen molar-refractivity contribution in [3.05, 3.63) is 0 Å². The van der Waals surface area contributed by atoms with Gasteiger partial charge in [0.25, 0.3) is 0 Å². The van der Waals surface area contributed by atoms with Crippen LogP contribution in [0.1, 0.15) is 84.0 Å². The maximum absolute atomic E-state index is 11.9. The Balaban J connectivity index is 2.17. The molecule has 3 heteroatoms. The van der Waals surface area contributed by atoms with Crippen molar-refractivity contribution < 1.29 is 4.79 Å². The number of hydrogen-bond donors (Lipinski definition) is 1. The van der Waals surface area contributed by atoms with E-state index in [0.717, 1.165) is 38.5 Å². The van der Waals surface area contributed by atoms with Crippen LogP contribution >= 0.6 is 0 Å². The van der Waals surface area contributed by atoms with Gasteiger partial charge in [0.2, 0.25) is 5.91 Å². The van der Waals surface area contributed by atoms with E-state index in [1.807, 2.05) is 0 Å². The van der Waals surface area contributed by atoms with Crippen molar-refractivity contribution in [3.8, 4) is 6.07 Å². The van der Waals surface area contributed by atoms with Gasteiger partial charge in [-0.2, -0.15) is 5.26 Å². The molecule has 1 aliphatic carbocycles. The first kappa shape index (κ1) is 16.0. The molecule has 108 valence electrons. The summed E-state index contributed by atoms with van der Waals surface area (Å²) in [5.41, 5.74) is -0.558. The molecule has 3 nitrogen and oxygen atoms in total. The van der Waals surface area contributed by atoms with E-state index >= 15 is 0 Å². The second-order valence-electron chi connectivity index (χ2n) is 5.82. The molecule has 1 fully saturated rings. The molecular weight excluding hydrogens is 236 g/mol. The normalized spacial score (nSPS) is 17.7. The highest BCUT2D eigenvalue weighted by Crippen LogP contribution is 2.27. The number of hydrogen-bond acceptors (Lipinski definition) is 2. The molecule has 1 saturated carbocycles. The molecule has 1 N–H and O–H groups in total. The molecule has 1 amide bonds. The van der Waals surface area contributed by atoms with E-state index in [1.54, 1.807) is 0 Å². The largest absolute Gasteiger partial charge is 0.338 e. The van der Waals surface area contributed by atoms with Crippen molar-refractivity contribution in [1.82, 2.24) is 5.32 Å². The van der Waals surface area contributed by atoms with Gasteiger partial charge in [0, 0.05) is 6.42 Å². The first-order valence-corrected chi connectivity index (χ1v) is 7.95. The van der Waals surface area contributed by atoms with Gasteiger partial charge in [0.15, 0.2) is 0 Å². The van der Waals surface area contributed by atoms with Crippen molar-refractivity contribution in [2.75, 3.05) is 0 Å². The third-order valence-corrected chi connectivity index (χ3v) is 4.06. The van der Waals surface area contributed by atoms with Gasteiger partial charge < -0.3 is 5.32 Å². The van der Waals surface area contributed by atoms with Crippen LogP contribution in [-0.4, -0.2) is 11.4 Å². The van der Waals surface area contributed by atoms with Crippen LogP contribution in [0.25, 0.3) is 0 Å². The summed E-state index contributed by atoms with van der Waals surface area (Å²) in [6.07, 6.45) is 12.7. The van der Waals surface area contributed by atoms with Crippen LogP contribution in [0.2, 0.25) is 0 Å². The minimum absolute atomic E-state index is 0.0685. The average molecular weight is 264 g/mol. The Labute approximate surface area is 117 Å². The molecule has 0 atom stereocenters. The predicted molar refractivity (Wildman–Crippen MR) is 77.6 cm³/mol. The van der Waals surface area contributed by atoms with Crippen molar-refractivity contribution in [2.24, 2.45) is 0 Å². The highest BCUT2D eigenvalue weighted by atomic mass is 16.1. The van der Waals surface area contributed by atoms with Gasteiger partial charge in [-0.15, -0.1) is 0 Å². The van der Waals surface area contributed by atoms with Crippen molar-refractivity contribution in [3.63, 3.8) is 0 Å². The number of amides is 1. The van der Waals surface area contributed by atoms with Crippen LogP contribution in [-0.2, 0) is 4.79 Å². The molecule has 0 aromatic heterocycles. The van der Waals surface area contributed by atoms with Gasteiger partial charge in [-0.3, -0.25) is 4.79 Å². The fourth-order valence-electron chi connectivity index (χ4n) is 2.82. The minimum atomic E-state index is -0.558. The maximum Gasteiger partial charge on any atom is 0.221 e. The number of unbranched alkanes of at least 4 members (excludes halogenated alkanes) is 5. The minimum Gasteiger partial charge on any atom is -0.338 e. The lowest BCUT2D eigenvalue weighted by Gasteiger charge is -2.31. The molecule has 0 aromatic carbocycles. The fourth-order valence-corrected chi connectivity index (χ4v) is 2.82. The first-order valence-electron chi connectivity index (χ1n) is 7.95. The second-order valence-corrected chi connectivity index (χ2v) is 5.82. The summed E-state index contributed by atoms with van der Waals surface area (Å²) in [7, 11) is 0. The highest BCUT2D eigenvalue weighted by Gasteiger charge is 2.33. The summed E-state index contributed by atoms with van der Waals surface area (Å²) in [5, 5.41) is 12.3. The van der Waals surface area contributed by atoms with Gasteiger partial charge in [-0.1, -0.05) is 58.3 Å². The smallest absolute Gasteiger partial charge is 0.221 e. The van der Waals surface area contributed by atoms with Gasteiger partial charge in [0.1, 0.15) is 5.54 Å². The predicted octanol–water partition coefficient (Wildman–Crippen LogP) is 4.08. The Hall–Kier alpha value is -1.04. The summed E-state index contributed by atoms with van der Waals surface area (Å²) in [6, 6.07) is 2.33. The highest BCUT2D eigenvalue weighted by molar-refractivity contribution is 5.77. The van der Waals surface area contributed by atoms with Crippen LogP contribution in [0.3, 0.4) is 0 Å². The average Bonchev–Trinajstić information content (AvgIpc) is 2.43. The van der Waals surface area contributed by atoms with Crippen LogP contribution in [0, 0.1) is 11.3 Å². The first-order chi connectivity index (χ1) is 9.22. The van der Waals surface area contributed by atoms with E-state index in [4.69, 9.17) is 0 Å². The Morgan fingerprint density at radius 3 is 2.37 bits per heavy atom. The summed E-state index contributed by atoms with van der Waals surface area (Å²) < 4.78 is 0. The topological polar surface area (TPSA) is 52.9 Å². The van der Waals surface area contributed by atoms with E-state index in [1.165, 1.54) is 32.1 Å². The van der Waals surface area contributed by atoms with E-state index in [2.05, 4.69) is 18.3 Å².